The molecule has 0 radical (unpaired) electrons. The van der Waals surface area contributed by atoms with Gasteiger partial charge in [0.1, 0.15) is 12.0 Å². The van der Waals surface area contributed by atoms with Crippen LogP contribution in [0.5, 0.6) is 11.5 Å². The molecule has 1 aromatic rings. The number of para-hydroxylation sites is 2. The number of ether oxygens (including phenoxy) is 2. The molecule has 1 unspecified atom stereocenters. The highest BCUT2D eigenvalue weighted by Gasteiger charge is 2.29. The van der Waals surface area contributed by atoms with Crippen molar-refractivity contribution in [1.82, 2.24) is 14.7 Å². The highest BCUT2D eigenvalue weighted by molar-refractivity contribution is 8.00. The van der Waals surface area contributed by atoms with Gasteiger partial charge in [-0.3, -0.25) is 4.79 Å². The summed E-state index contributed by atoms with van der Waals surface area (Å²) in [6.07, 6.45) is 7.87. The summed E-state index contributed by atoms with van der Waals surface area (Å²) >= 11 is 7.38. The van der Waals surface area contributed by atoms with Crippen LogP contribution in [0.25, 0.3) is 0 Å². The lowest BCUT2D eigenvalue weighted by atomic mass is 10.2. The average molecular weight is 420 g/mol. The Morgan fingerprint density at radius 3 is 2.64 bits per heavy atom. The molecule has 3 rings (SSSR count). The van der Waals surface area contributed by atoms with Gasteiger partial charge >= 0.3 is 0 Å². The number of carbonyl (C=O) groups excluding carboxylic acids is 1. The molecule has 1 saturated heterocycles. The SMILES string of the molecule is COc1ccccc1OCC1SCCN1C(=S)CC(=O)CN1C=CN(C)C=C1. The van der Waals surface area contributed by atoms with E-state index in [1.165, 1.54) is 0 Å². The lowest BCUT2D eigenvalue weighted by Crippen LogP contribution is -2.39. The number of hydrogen-bond donors (Lipinski definition) is 0. The van der Waals surface area contributed by atoms with E-state index in [1.54, 1.807) is 18.9 Å². The number of rotatable bonds is 8. The standard InChI is InChI=1S/C20H25N3O3S2/c1-21-7-9-22(10-8-21)14-16(24)13-19(27)23-11-12-28-20(23)15-26-18-6-4-3-5-17(18)25-2/h3-10,20H,11-15H2,1-2H3. The molecule has 1 fully saturated rings. The van der Waals surface area contributed by atoms with Crippen LogP contribution in [-0.4, -0.2) is 70.5 Å². The maximum Gasteiger partial charge on any atom is 0.161 e. The molecule has 0 saturated carbocycles. The van der Waals surface area contributed by atoms with Crippen LogP contribution in [0.15, 0.2) is 49.1 Å². The van der Waals surface area contributed by atoms with E-state index in [0.29, 0.717) is 29.6 Å². The van der Waals surface area contributed by atoms with Crippen LogP contribution >= 0.6 is 24.0 Å². The Morgan fingerprint density at radius 2 is 1.93 bits per heavy atom. The summed E-state index contributed by atoms with van der Waals surface area (Å²) < 4.78 is 11.3. The molecule has 0 amide bonds. The number of carbonyl (C=O) groups is 1. The van der Waals surface area contributed by atoms with E-state index in [2.05, 4.69) is 4.90 Å². The molecule has 2 aliphatic heterocycles. The monoisotopic (exact) mass is 419 g/mol. The van der Waals surface area contributed by atoms with Crippen LogP contribution in [0.1, 0.15) is 6.42 Å². The zero-order valence-corrected chi connectivity index (χ0v) is 17.7. The van der Waals surface area contributed by atoms with Gasteiger partial charge in [-0.25, -0.2) is 0 Å². The number of hydrogen-bond acceptors (Lipinski definition) is 7. The molecule has 8 heteroatoms. The van der Waals surface area contributed by atoms with E-state index in [9.17, 15) is 4.79 Å². The molecule has 0 N–H and O–H groups in total. The second-order valence-electron chi connectivity index (χ2n) is 6.52. The van der Waals surface area contributed by atoms with E-state index in [4.69, 9.17) is 21.7 Å². The molecule has 0 bridgehead atoms. The lowest BCUT2D eigenvalue weighted by Gasteiger charge is -2.27. The number of ketones is 1. The molecule has 2 aliphatic rings. The number of thiocarbonyl (C=S) groups is 1. The summed E-state index contributed by atoms with van der Waals surface area (Å²) in [7, 11) is 3.57. The van der Waals surface area contributed by atoms with Crippen molar-refractivity contribution in [2.75, 3.05) is 39.6 Å². The van der Waals surface area contributed by atoms with Gasteiger partial charge in [-0.05, 0) is 12.1 Å². The first kappa shape index (κ1) is 20.5. The van der Waals surface area contributed by atoms with Crippen molar-refractivity contribution in [2.24, 2.45) is 0 Å². The van der Waals surface area contributed by atoms with Crippen LogP contribution in [0.3, 0.4) is 0 Å². The normalized spacial score (nSPS) is 18.5. The summed E-state index contributed by atoms with van der Waals surface area (Å²) in [5.41, 5.74) is 0. The topological polar surface area (TPSA) is 45.3 Å². The molecule has 6 nitrogen and oxygen atoms in total. The Hall–Kier alpha value is -2.19. The van der Waals surface area contributed by atoms with Gasteiger partial charge in [0.05, 0.1) is 25.1 Å². The van der Waals surface area contributed by atoms with Crippen molar-refractivity contribution in [2.45, 2.75) is 11.8 Å². The van der Waals surface area contributed by atoms with Gasteiger partial charge in [-0.15, -0.1) is 11.8 Å². The zero-order chi connectivity index (χ0) is 19.9. The van der Waals surface area contributed by atoms with E-state index in [0.717, 1.165) is 12.3 Å². The van der Waals surface area contributed by atoms with Crippen molar-refractivity contribution in [1.29, 1.82) is 0 Å². The summed E-state index contributed by atoms with van der Waals surface area (Å²) in [4.78, 5) is 19.0. The lowest BCUT2D eigenvalue weighted by molar-refractivity contribution is -0.118. The van der Waals surface area contributed by atoms with Crippen molar-refractivity contribution >= 4 is 34.8 Å². The van der Waals surface area contributed by atoms with Crippen LogP contribution < -0.4 is 9.47 Å². The second-order valence-corrected chi connectivity index (χ2v) is 8.28. The Bertz CT molecular complexity index is 755. The highest BCUT2D eigenvalue weighted by Crippen LogP contribution is 2.29. The summed E-state index contributed by atoms with van der Waals surface area (Å²) in [5, 5.41) is 0.105. The average Bonchev–Trinajstić information content (AvgIpc) is 3.17. The maximum absolute atomic E-state index is 12.4. The summed E-state index contributed by atoms with van der Waals surface area (Å²) in [6, 6.07) is 7.59. The Kier molecular flexibility index (Phi) is 7.22. The zero-order valence-electron chi connectivity index (χ0n) is 16.1. The number of Topliss-reactive ketones (excluding diaryl/α,β-unsaturated/α-hetero) is 1. The minimum atomic E-state index is 0.102. The number of methoxy groups -OCH3 is 1. The molecule has 1 aromatic carbocycles. The third kappa shape index (κ3) is 5.42. The molecule has 28 heavy (non-hydrogen) atoms. The molecule has 2 heterocycles. The summed E-state index contributed by atoms with van der Waals surface area (Å²) in [5.74, 6) is 2.50. The number of thioether (sulfide) groups is 1. The molecular weight excluding hydrogens is 394 g/mol. The van der Waals surface area contributed by atoms with Crippen LogP contribution in [-0.2, 0) is 4.79 Å². The van der Waals surface area contributed by atoms with Gasteiger partial charge in [0.25, 0.3) is 0 Å². The van der Waals surface area contributed by atoms with E-state index < -0.39 is 0 Å². The van der Waals surface area contributed by atoms with Crippen molar-refractivity contribution in [3.63, 3.8) is 0 Å². The molecule has 0 aromatic heterocycles. The third-order valence-corrected chi connectivity index (χ3v) is 6.03. The quantitative estimate of drug-likeness (QED) is 0.596. The first-order chi connectivity index (χ1) is 13.6. The predicted molar refractivity (Wildman–Crippen MR) is 116 cm³/mol. The van der Waals surface area contributed by atoms with Gasteiger partial charge in [-0.1, -0.05) is 24.4 Å². The molecule has 1 atom stereocenters. The Balaban J connectivity index is 1.50. The minimum Gasteiger partial charge on any atom is -0.493 e. The largest absolute Gasteiger partial charge is 0.493 e. The van der Waals surface area contributed by atoms with Crippen LogP contribution in [0, 0.1) is 0 Å². The Labute approximate surface area is 175 Å². The van der Waals surface area contributed by atoms with Crippen LogP contribution in [0.4, 0.5) is 0 Å². The van der Waals surface area contributed by atoms with Crippen LogP contribution in [0.2, 0.25) is 0 Å². The highest BCUT2D eigenvalue weighted by atomic mass is 32.2. The fourth-order valence-electron chi connectivity index (χ4n) is 2.96. The first-order valence-electron chi connectivity index (χ1n) is 9.09. The smallest absolute Gasteiger partial charge is 0.161 e. The maximum atomic E-state index is 12.4. The fraction of sp³-hybridized carbons (Fsp3) is 0.400. The minimum absolute atomic E-state index is 0.102. The van der Waals surface area contributed by atoms with E-state index in [1.807, 2.05) is 65.9 Å². The molecule has 0 spiro atoms. The van der Waals surface area contributed by atoms with E-state index in [-0.39, 0.29) is 17.6 Å². The first-order valence-corrected chi connectivity index (χ1v) is 10.6. The van der Waals surface area contributed by atoms with Gasteiger partial charge in [0.15, 0.2) is 17.3 Å². The van der Waals surface area contributed by atoms with E-state index >= 15 is 0 Å². The molecule has 0 aliphatic carbocycles. The van der Waals surface area contributed by atoms with Crippen molar-refractivity contribution in [3.05, 3.63) is 49.1 Å². The van der Waals surface area contributed by atoms with Gasteiger partial charge in [0, 0.05) is 44.1 Å². The Morgan fingerprint density at radius 1 is 1.21 bits per heavy atom. The third-order valence-electron chi connectivity index (χ3n) is 4.45. The molecular formula is C20H25N3O3S2. The fourth-order valence-corrected chi connectivity index (χ4v) is 4.56. The predicted octanol–water partition coefficient (Wildman–Crippen LogP) is 2.93. The summed E-state index contributed by atoms with van der Waals surface area (Å²) in [6.45, 7) is 1.65. The van der Waals surface area contributed by atoms with Gasteiger partial charge in [0.2, 0.25) is 0 Å². The number of nitrogens with zero attached hydrogens (tertiary/aromatic N) is 3. The molecule has 150 valence electrons. The van der Waals surface area contributed by atoms with Crippen molar-refractivity contribution < 1.29 is 14.3 Å². The van der Waals surface area contributed by atoms with Gasteiger partial charge < -0.3 is 24.2 Å². The number of benzene rings is 1. The second kappa shape index (κ2) is 9.84. The van der Waals surface area contributed by atoms with Gasteiger partial charge in [-0.2, -0.15) is 0 Å². The van der Waals surface area contributed by atoms with Crippen molar-refractivity contribution in [3.8, 4) is 11.5 Å².